The molecule has 2 aliphatic heterocycles. The van der Waals surface area contributed by atoms with Gasteiger partial charge in [-0.3, -0.25) is 4.79 Å². The van der Waals surface area contributed by atoms with E-state index in [1.54, 1.807) is 0 Å². The highest BCUT2D eigenvalue weighted by Crippen LogP contribution is 2.30. The SMILES string of the molecule is CCOc1ccc(CC(=O)N2CCCC2C2COCCC2O)cc1. The van der Waals surface area contributed by atoms with Gasteiger partial charge in [0, 0.05) is 25.1 Å². The quantitative estimate of drug-likeness (QED) is 0.895. The fraction of sp³-hybridized carbons (Fsp3) is 0.632. The molecule has 2 heterocycles. The largest absolute Gasteiger partial charge is 0.494 e. The third-order valence-corrected chi connectivity index (χ3v) is 5.07. The van der Waals surface area contributed by atoms with Gasteiger partial charge in [0.2, 0.25) is 5.91 Å². The summed E-state index contributed by atoms with van der Waals surface area (Å²) in [6.07, 6.45) is 2.67. The standard InChI is InChI=1S/C19H27NO4/c1-2-24-15-7-5-14(6-8-15)12-19(22)20-10-3-4-17(20)16-13-23-11-9-18(16)21/h5-8,16-18,21H,2-4,9-13H2,1H3. The molecule has 132 valence electrons. The normalized spacial score (nSPS) is 27.2. The summed E-state index contributed by atoms with van der Waals surface area (Å²) in [6.45, 7) is 4.54. The predicted molar refractivity (Wildman–Crippen MR) is 91.0 cm³/mol. The number of hydrogen-bond donors (Lipinski definition) is 1. The Morgan fingerprint density at radius 3 is 2.83 bits per heavy atom. The lowest BCUT2D eigenvalue weighted by molar-refractivity contribution is -0.135. The van der Waals surface area contributed by atoms with Crippen LogP contribution in [0.3, 0.4) is 0 Å². The molecule has 0 radical (unpaired) electrons. The Morgan fingerprint density at radius 1 is 1.33 bits per heavy atom. The van der Waals surface area contributed by atoms with Crippen molar-refractivity contribution in [2.45, 2.75) is 44.8 Å². The first-order valence-electron chi connectivity index (χ1n) is 8.96. The summed E-state index contributed by atoms with van der Waals surface area (Å²) >= 11 is 0. The second-order valence-corrected chi connectivity index (χ2v) is 6.65. The molecule has 5 nitrogen and oxygen atoms in total. The Kier molecular flexibility index (Phi) is 5.74. The number of ether oxygens (including phenoxy) is 2. The van der Waals surface area contributed by atoms with Crippen LogP contribution >= 0.6 is 0 Å². The van der Waals surface area contributed by atoms with Gasteiger partial charge in [-0.2, -0.15) is 0 Å². The number of aliphatic hydroxyl groups is 1. The lowest BCUT2D eigenvalue weighted by Gasteiger charge is -2.37. The van der Waals surface area contributed by atoms with Crippen molar-refractivity contribution in [1.82, 2.24) is 4.90 Å². The van der Waals surface area contributed by atoms with Crippen LogP contribution in [0.15, 0.2) is 24.3 Å². The molecule has 5 heteroatoms. The zero-order valence-electron chi connectivity index (χ0n) is 14.3. The summed E-state index contributed by atoms with van der Waals surface area (Å²) in [7, 11) is 0. The van der Waals surface area contributed by atoms with Gasteiger partial charge < -0.3 is 19.5 Å². The van der Waals surface area contributed by atoms with Crippen LogP contribution in [0, 0.1) is 5.92 Å². The maximum absolute atomic E-state index is 12.8. The summed E-state index contributed by atoms with van der Waals surface area (Å²) < 4.78 is 11.0. The van der Waals surface area contributed by atoms with Crippen LogP contribution in [0.4, 0.5) is 0 Å². The monoisotopic (exact) mass is 333 g/mol. The summed E-state index contributed by atoms with van der Waals surface area (Å²) in [5.41, 5.74) is 0.995. The summed E-state index contributed by atoms with van der Waals surface area (Å²) in [6, 6.07) is 7.83. The molecule has 0 spiro atoms. The Labute approximate surface area is 143 Å². The molecule has 0 bridgehead atoms. The van der Waals surface area contributed by atoms with E-state index in [9.17, 15) is 9.90 Å². The minimum Gasteiger partial charge on any atom is -0.494 e. The summed E-state index contributed by atoms with van der Waals surface area (Å²) in [5.74, 6) is 1.01. The zero-order valence-corrected chi connectivity index (χ0v) is 14.3. The van der Waals surface area contributed by atoms with Gasteiger partial charge in [0.25, 0.3) is 0 Å². The molecule has 2 fully saturated rings. The highest BCUT2D eigenvalue weighted by Gasteiger charge is 2.39. The van der Waals surface area contributed by atoms with E-state index in [0.717, 1.165) is 30.7 Å². The van der Waals surface area contributed by atoms with Crippen LogP contribution in [-0.4, -0.2) is 54.4 Å². The highest BCUT2D eigenvalue weighted by molar-refractivity contribution is 5.79. The molecule has 1 aromatic carbocycles. The molecule has 24 heavy (non-hydrogen) atoms. The number of amides is 1. The number of benzene rings is 1. The van der Waals surface area contributed by atoms with Crippen molar-refractivity contribution >= 4 is 5.91 Å². The van der Waals surface area contributed by atoms with Crippen molar-refractivity contribution in [2.75, 3.05) is 26.4 Å². The molecule has 0 saturated carbocycles. The Balaban J connectivity index is 1.62. The van der Waals surface area contributed by atoms with Crippen LogP contribution in [0.25, 0.3) is 0 Å². The molecule has 1 amide bonds. The van der Waals surface area contributed by atoms with Gasteiger partial charge in [-0.1, -0.05) is 12.1 Å². The Hall–Kier alpha value is -1.59. The van der Waals surface area contributed by atoms with Crippen molar-refractivity contribution in [3.63, 3.8) is 0 Å². The first-order chi connectivity index (χ1) is 11.7. The van der Waals surface area contributed by atoms with E-state index in [1.807, 2.05) is 36.1 Å². The molecule has 3 rings (SSSR count). The highest BCUT2D eigenvalue weighted by atomic mass is 16.5. The zero-order chi connectivity index (χ0) is 16.9. The number of carbonyl (C=O) groups excluding carboxylic acids is 1. The number of hydrogen-bond acceptors (Lipinski definition) is 4. The molecule has 2 aliphatic rings. The lowest BCUT2D eigenvalue weighted by atomic mass is 9.89. The van der Waals surface area contributed by atoms with E-state index in [0.29, 0.717) is 32.7 Å². The average molecular weight is 333 g/mol. The predicted octanol–water partition coefficient (Wildman–Crippen LogP) is 2.02. The van der Waals surface area contributed by atoms with E-state index in [2.05, 4.69) is 0 Å². The van der Waals surface area contributed by atoms with Crippen LogP contribution in [0.1, 0.15) is 31.7 Å². The number of aliphatic hydroxyl groups excluding tert-OH is 1. The smallest absolute Gasteiger partial charge is 0.227 e. The maximum Gasteiger partial charge on any atom is 0.227 e. The topological polar surface area (TPSA) is 59.0 Å². The van der Waals surface area contributed by atoms with Crippen LogP contribution in [-0.2, 0) is 16.0 Å². The summed E-state index contributed by atoms with van der Waals surface area (Å²) in [5, 5.41) is 10.3. The average Bonchev–Trinajstić information content (AvgIpc) is 3.07. The van der Waals surface area contributed by atoms with E-state index < -0.39 is 0 Å². The second kappa shape index (κ2) is 7.99. The molecule has 2 saturated heterocycles. The molecule has 0 aliphatic carbocycles. The molecule has 0 aromatic heterocycles. The minimum absolute atomic E-state index is 0.0468. The van der Waals surface area contributed by atoms with Crippen molar-refractivity contribution in [3.05, 3.63) is 29.8 Å². The van der Waals surface area contributed by atoms with E-state index in [1.165, 1.54) is 0 Å². The second-order valence-electron chi connectivity index (χ2n) is 6.65. The Morgan fingerprint density at radius 2 is 2.12 bits per heavy atom. The first kappa shape index (κ1) is 17.2. The van der Waals surface area contributed by atoms with Gasteiger partial charge in [0.15, 0.2) is 0 Å². The van der Waals surface area contributed by atoms with E-state index in [4.69, 9.17) is 9.47 Å². The molecular weight excluding hydrogens is 306 g/mol. The number of rotatable bonds is 5. The number of carbonyl (C=O) groups is 1. The third-order valence-electron chi connectivity index (χ3n) is 5.07. The van der Waals surface area contributed by atoms with Crippen LogP contribution in [0.2, 0.25) is 0 Å². The fourth-order valence-electron chi connectivity index (χ4n) is 3.81. The van der Waals surface area contributed by atoms with Gasteiger partial charge in [-0.25, -0.2) is 0 Å². The fourth-order valence-corrected chi connectivity index (χ4v) is 3.81. The van der Waals surface area contributed by atoms with Gasteiger partial charge >= 0.3 is 0 Å². The van der Waals surface area contributed by atoms with Gasteiger partial charge in [-0.05, 0) is 43.9 Å². The van der Waals surface area contributed by atoms with Crippen LogP contribution in [0.5, 0.6) is 5.75 Å². The van der Waals surface area contributed by atoms with Crippen molar-refractivity contribution in [1.29, 1.82) is 0 Å². The maximum atomic E-state index is 12.8. The van der Waals surface area contributed by atoms with Gasteiger partial charge in [-0.15, -0.1) is 0 Å². The molecule has 1 aromatic rings. The van der Waals surface area contributed by atoms with Crippen LogP contribution < -0.4 is 4.74 Å². The van der Waals surface area contributed by atoms with E-state index in [-0.39, 0.29) is 24.0 Å². The lowest BCUT2D eigenvalue weighted by Crippen LogP contribution is -2.48. The first-order valence-corrected chi connectivity index (χ1v) is 8.96. The van der Waals surface area contributed by atoms with Crippen molar-refractivity contribution < 1.29 is 19.4 Å². The third kappa shape index (κ3) is 3.90. The van der Waals surface area contributed by atoms with Crippen molar-refractivity contribution in [3.8, 4) is 5.75 Å². The molecule has 3 unspecified atom stereocenters. The minimum atomic E-state index is -0.359. The molecule has 1 N–H and O–H groups in total. The van der Waals surface area contributed by atoms with Gasteiger partial charge in [0.1, 0.15) is 5.75 Å². The molecule has 3 atom stereocenters. The molecular formula is C19H27NO4. The summed E-state index contributed by atoms with van der Waals surface area (Å²) in [4.78, 5) is 14.7. The Bertz CT molecular complexity index is 545. The number of nitrogens with zero attached hydrogens (tertiary/aromatic N) is 1. The number of likely N-dealkylation sites (tertiary alicyclic amines) is 1. The van der Waals surface area contributed by atoms with E-state index >= 15 is 0 Å². The van der Waals surface area contributed by atoms with Crippen molar-refractivity contribution in [2.24, 2.45) is 5.92 Å². The van der Waals surface area contributed by atoms with Gasteiger partial charge in [0.05, 0.1) is 25.7 Å².